The van der Waals surface area contributed by atoms with Crippen LogP contribution in [0.4, 0.5) is 5.82 Å². The van der Waals surface area contributed by atoms with E-state index in [0.29, 0.717) is 5.82 Å². The summed E-state index contributed by atoms with van der Waals surface area (Å²) in [5, 5.41) is 0. The molecule has 4 rings (SSSR count). The molecule has 27 heavy (non-hydrogen) atoms. The van der Waals surface area contributed by atoms with Crippen molar-refractivity contribution in [3.05, 3.63) is 120 Å². The smallest absolute Gasteiger partial charge is 0.123 e. The minimum Gasteiger partial charge on any atom is -0.384 e. The molecule has 0 saturated carbocycles. The second kappa shape index (κ2) is 7.79. The molecule has 2 unspecified atom stereocenters. The lowest BCUT2D eigenvalue weighted by Gasteiger charge is -2.27. The zero-order valence-corrected chi connectivity index (χ0v) is 14.8. The standard InChI is InChI=1S/C23H20N4/c24-21-13-6-12-20(27-21)23(18-10-7-14-25-16-18)22(17-8-2-1-3-9-17)19-11-4-5-15-26-19/h1-16,22-23H,(H2,24,27). The summed E-state index contributed by atoms with van der Waals surface area (Å²) in [6.45, 7) is 0. The van der Waals surface area contributed by atoms with Crippen molar-refractivity contribution in [2.75, 3.05) is 5.73 Å². The molecule has 3 heterocycles. The fourth-order valence-electron chi connectivity index (χ4n) is 3.49. The Morgan fingerprint density at radius 2 is 1.37 bits per heavy atom. The van der Waals surface area contributed by atoms with Crippen LogP contribution < -0.4 is 5.73 Å². The molecular formula is C23H20N4. The van der Waals surface area contributed by atoms with Gasteiger partial charge in [0.1, 0.15) is 5.82 Å². The number of nitrogens with two attached hydrogens (primary N) is 1. The highest BCUT2D eigenvalue weighted by molar-refractivity contribution is 5.42. The molecule has 0 saturated heterocycles. The number of hydrogen-bond donors (Lipinski definition) is 1. The molecule has 0 bridgehead atoms. The Morgan fingerprint density at radius 3 is 2.07 bits per heavy atom. The lowest BCUT2D eigenvalue weighted by Crippen LogP contribution is -2.17. The van der Waals surface area contributed by atoms with E-state index >= 15 is 0 Å². The van der Waals surface area contributed by atoms with Crippen LogP contribution in [0.5, 0.6) is 0 Å². The van der Waals surface area contributed by atoms with Gasteiger partial charge in [-0.15, -0.1) is 0 Å². The molecule has 3 aromatic heterocycles. The van der Waals surface area contributed by atoms with Gasteiger partial charge in [-0.3, -0.25) is 9.97 Å². The number of aromatic nitrogens is 3. The van der Waals surface area contributed by atoms with Crippen molar-refractivity contribution >= 4 is 5.82 Å². The highest BCUT2D eigenvalue weighted by Gasteiger charge is 2.30. The Labute approximate surface area is 158 Å². The van der Waals surface area contributed by atoms with Crippen molar-refractivity contribution in [1.29, 1.82) is 0 Å². The molecular weight excluding hydrogens is 332 g/mol. The monoisotopic (exact) mass is 352 g/mol. The van der Waals surface area contributed by atoms with E-state index in [1.54, 1.807) is 6.20 Å². The Hall–Kier alpha value is -3.53. The third kappa shape index (κ3) is 3.70. The Bertz CT molecular complexity index is 949. The predicted octanol–water partition coefficient (Wildman–Crippen LogP) is 4.42. The van der Waals surface area contributed by atoms with Gasteiger partial charge in [0.05, 0.1) is 5.69 Å². The van der Waals surface area contributed by atoms with E-state index in [-0.39, 0.29) is 11.8 Å². The first-order valence-corrected chi connectivity index (χ1v) is 8.91. The molecule has 0 aliphatic carbocycles. The molecule has 0 aliphatic rings. The molecule has 132 valence electrons. The van der Waals surface area contributed by atoms with Crippen molar-refractivity contribution in [3.8, 4) is 0 Å². The molecule has 4 heteroatoms. The van der Waals surface area contributed by atoms with Crippen LogP contribution in [0.1, 0.15) is 34.4 Å². The maximum atomic E-state index is 6.01. The molecule has 0 fully saturated rings. The van der Waals surface area contributed by atoms with Gasteiger partial charge >= 0.3 is 0 Å². The minimum atomic E-state index is -0.0560. The molecule has 4 aromatic rings. The summed E-state index contributed by atoms with van der Waals surface area (Å²) in [6, 6.07) is 26.2. The molecule has 0 radical (unpaired) electrons. The average molecular weight is 352 g/mol. The number of hydrogen-bond acceptors (Lipinski definition) is 4. The van der Waals surface area contributed by atoms with Gasteiger partial charge in [-0.05, 0) is 41.5 Å². The Kier molecular flexibility index (Phi) is 4.88. The van der Waals surface area contributed by atoms with Gasteiger partial charge < -0.3 is 5.73 Å². The van der Waals surface area contributed by atoms with Crippen molar-refractivity contribution in [2.24, 2.45) is 0 Å². The second-order valence-corrected chi connectivity index (χ2v) is 6.39. The topological polar surface area (TPSA) is 64.7 Å². The van der Waals surface area contributed by atoms with E-state index in [1.807, 2.05) is 54.9 Å². The largest absolute Gasteiger partial charge is 0.384 e. The van der Waals surface area contributed by atoms with Crippen LogP contribution in [0.3, 0.4) is 0 Å². The number of rotatable bonds is 5. The van der Waals surface area contributed by atoms with Crippen LogP contribution >= 0.6 is 0 Å². The van der Waals surface area contributed by atoms with E-state index in [0.717, 1.165) is 17.0 Å². The van der Waals surface area contributed by atoms with Gasteiger partial charge in [-0.25, -0.2) is 4.98 Å². The summed E-state index contributed by atoms with van der Waals surface area (Å²) in [7, 11) is 0. The summed E-state index contributed by atoms with van der Waals surface area (Å²) in [5.41, 5.74) is 10.2. The minimum absolute atomic E-state index is 0.00843. The highest BCUT2D eigenvalue weighted by Crippen LogP contribution is 2.41. The predicted molar refractivity (Wildman–Crippen MR) is 107 cm³/mol. The summed E-state index contributed by atoms with van der Waals surface area (Å²) in [5.74, 6) is 0.444. The normalized spacial score (nSPS) is 13.0. The van der Waals surface area contributed by atoms with Gasteiger partial charge in [-0.1, -0.05) is 48.5 Å². The zero-order chi connectivity index (χ0) is 18.5. The molecule has 1 aromatic carbocycles. The van der Waals surface area contributed by atoms with Gasteiger partial charge in [0.15, 0.2) is 0 Å². The van der Waals surface area contributed by atoms with Crippen molar-refractivity contribution in [2.45, 2.75) is 11.8 Å². The fraction of sp³-hybridized carbons (Fsp3) is 0.0870. The maximum Gasteiger partial charge on any atom is 0.123 e. The SMILES string of the molecule is Nc1cccc(C(c2cccnc2)C(c2ccccc2)c2ccccn2)n1. The van der Waals surface area contributed by atoms with Gasteiger partial charge in [0.25, 0.3) is 0 Å². The van der Waals surface area contributed by atoms with E-state index in [9.17, 15) is 0 Å². The fourth-order valence-corrected chi connectivity index (χ4v) is 3.49. The lowest BCUT2D eigenvalue weighted by molar-refractivity contribution is 0.656. The summed E-state index contributed by atoms with van der Waals surface area (Å²) >= 11 is 0. The number of benzene rings is 1. The summed E-state index contributed by atoms with van der Waals surface area (Å²) < 4.78 is 0. The van der Waals surface area contributed by atoms with E-state index in [1.165, 1.54) is 5.56 Å². The van der Waals surface area contributed by atoms with Crippen LogP contribution in [-0.2, 0) is 0 Å². The maximum absolute atomic E-state index is 6.01. The van der Waals surface area contributed by atoms with Crippen LogP contribution in [0.15, 0.2) is 97.5 Å². The van der Waals surface area contributed by atoms with E-state index < -0.39 is 0 Å². The average Bonchev–Trinajstić information content (AvgIpc) is 2.74. The van der Waals surface area contributed by atoms with Crippen LogP contribution in [-0.4, -0.2) is 15.0 Å². The van der Waals surface area contributed by atoms with Crippen LogP contribution in [0.25, 0.3) is 0 Å². The number of pyridine rings is 3. The molecule has 4 nitrogen and oxygen atoms in total. The van der Waals surface area contributed by atoms with Crippen molar-refractivity contribution in [3.63, 3.8) is 0 Å². The second-order valence-electron chi connectivity index (χ2n) is 6.39. The molecule has 2 atom stereocenters. The van der Waals surface area contributed by atoms with E-state index in [4.69, 9.17) is 5.73 Å². The van der Waals surface area contributed by atoms with Gasteiger partial charge in [-0.2, -0.15) is 0 Å². The molecule has 0 amide bonds. The van der Waals surface area contributed by atoms with Gasteiger partial charge in [0, 0.05) is 36.1 Å². The van der Waals surface area contributed by atoms with E-state index in [2.05, 4.69) is 51.4 Å². The highest BCUT2D eigenvalue weighted by atomic mass is 14.8. The Morgan fingerprint density at radius 1 is 0.630 bits per heavy atom. The Balaban J connectivity index is 1.94. The number of nitrogens with zero attached hydrogens (tertiary/aromatic N) is 3. The van der Waals surface area contributed by atoms with Crippen LogP contribution in [0.2, 0.25) is 0 Å². The van der Waals surface area contributed by atoms with Crippen LogP contribution in [0, 0.1) is 0 Å². The first-order valence-electron chi connectivity index (χ1n) is 8.91. The van der Waals surface area contributed by atoms with Gasteiger partial charge in [0.2, 0.25) is 0 Å². The summed E-state index contributed by atoms with van der Waals surface area (Å²) in [6.07, 6.45) is 5.51. The third-order valence-electron chi connectivity index (χ3n) is 4.65. The molecule has 0 spiro atoms. The van der Waals surface area contributed by atoms with Crippen molar-refractivity contribution < 1.29 is 0 Å². The molecule has 0 aliphatic heterocycles. The summed E-state index contributed by atoms with van der Waals surface area (Å²) in [4.78, 5) is 13.7. The number of anilines is 1. The first-order chi connectivity index (χ1) is 13.3. The first kappa shape index (κ1) is 16.9. The number of nitrogen functional groups attached to an aromatic ring is 1. The molecule has 2 N–H and O–H groups in total. The van der Waals surface area contributed by atoms with Crippen molar-refractivity contribution in [1.82, 2.24) is 15.0 Å². The lowest BCUT2D eigenvalue weighted by atomic mass is 9.77. The quantitative estimate of drug-likeness (QED) is 0.577. The zero-order valence-electron chi connectivity index (χ0n) is 14.8. The third-order valence-corrected chi connectivity index (χ3v) is 4.65.